The van der Waals surface area contributed by atoms with Crippen molar-refractivity contribution >= 4 is 0 Å². The maximum atomic E-state index is 9.96. The van der Waals surface area contributed by atoms with Crippen LogP contribution in [0, 0.1) is 19.8 Å². The molecule has 0 amide bonds. The molecule has 1 atom stereocenters. The zero-order chi connectivity index (χ0) is 11.7. The van der Waals surface area contributed by atoms with E-state index in [0.717, 1.165) is 35.8 Å². The summed E-state index contributed by atoms with van der Waals surface area (Å²) < 4.78 is 2.09. The third kappa shape index (κ3) is 2.01. The van der Waals surface area contributed by atoms with Crippen LogP contribution < -0.4 is 0 Å². The molecule has 1 unspecified atom stereocenters. The van der Waals surface area contributed by atoms with Crippen LogP contribution in [0.5, 0.6) is 0 Å². The molecule has 3 heteroatoms. The molecule has 1 fully saturated rings. The summed E-state index contributed by atoms with van der Waals surface area (Å²) >= 11 is 0. The largest absolute Gasteiger partial charge is 0.388 e. The smallest absolute Gasteiger partial charge is 0.0823 e. The maximum absolute atomic E-state index is 9.96. The summed E-state index contributed by atoms with van der Waals surface area (Å²) in [5, 5.41) is 14.5. The van der Waals surface area contributed by atoms with Crippen LogP contribution in [0.25, 0.3) is 0 Å². The first-order valence-corrected chi connectivity index (χ1v) is 6.35. The van der Waals surface area contributed by atoms with Crippen molar-refractivity contribution in [3.05, 3.63) is 17.0 Å². The van der Waals surface area contributed by atoms with Gasteiger partial charge < -0.3 is 5.11 Å². The molecule has 0 radical (unpaired) electrons. The third-order valence-electron chi connectivity index (χ3n) is 3.81. The van der Waals surface area contributed by atoms with Crippen LogP contribution in [0.3, 0.4) is 0 Å². The highest BCUT2D eigenvalue weighted by molar-refractivity contribution is 5.26. The van der Waals surface area contributed by atoms with E-state index in [-0.39, 0.29) is 6.10 Å². The Labute approximate surface area is 97.5 Å². The molecule has 0 spiro atoms. The lowest BCUT2D eigenvalue weighted by Gasteiger charge is -2.25. The second-order valence-corrected chi connectivity index (χ2v) is 4.99. The fourth-order valence-corrected chi connectivity index (χ4v) is 2.49. The van der Waals surface area contributed by atoms with Crippen LogP contribution >= 0.6 is 0 Å². The van der Waals surface area contributed by atoms with Gasteiger partial charge in [-0.25, -0.2) is 0 Å². The molecule has 1 heterocycles. The number of aliphatic hydroxyl groups is 1. The van der Waals surface area contributed by atoms with Gasteiger partial charge in [-0.2, -0.15) is 5.10 Å². The van der Waals surface area contributed by atoms with E-state index < -0.39 is 0 Å². The van der Waals surface area contributed by atoms with E-state index in [0.29, 0.717) is 0 Å². The Balaban J connectivity index is 2.19. The minimum atomic E-state index is -0.352. The Kier molecular flexibility index (Phi) is 3.33. The lowest BCUT2D eigenvalue weighted by Crippen LogP contribution is -2.19. The maximum Gasteiger partial charge on any atom is 0.0823 e. The van der Waals surface area contributed by atoms with E-state index in [1.807, 2.05) is 13.8 Å². The van der Waals surface area contributed by atoms with E-state index in [9.17, 15) is 5.11 Å². The summed E-state index contributed by atoms with van der Waals surface area (Å²) in [6.07, 6.45) is 4.45. The zero-order valence-electron chi connectivity index (χ0n) is 10.5. The molecule has 0 aromatic carbocycles. The summed E-state index contributed by atoms with van der Waals surface area (Å²) in [5.74, 6) is 0.810. The first-order valence-electron chi connectivity index (χ1n) is 6.35. The molecule has 1 aromatic heterocycles. The molecule has 1 aromatic rings. The van der Waals surface area contributed by atoms with Crippen molar-refractivity contribution in [3.63, 3.8) is 0 Å². The number of aromatic nitrogens is 2. The normalized spacial score (nSPS) is 18.5. The van der Waals surface area contributed by atoms with Gasteiger partial charge in [0.25, 0.3) is 0 Å². The zero-order valence-corrected chi connectivity index (χ0v) is 10.5. The molecule has 1 aliphatic rings. The fourth-order valence-electron chi connectivity index (χ4n) is 2.49. The average molecular weight is 222 g/mol. The standard InChI is InChI=1S/C13H22N2O/c1-4-12(16)13-9(2)14-15(10(13)3)8-11-6-5-7-11/h11-12,16H,4-8H2,1-3H3. The molecule has 0 bridgehead atoms. The molecule has 1 N–H and O–H groups in total. The molecule has 1 aliphatic carbocycles. The summed E-state index contributed by atoms with van der Waals surface area (Å²) in [7, 11) is 0. The van der Waals surface area contributed by atoms with Crippen LogP contribution in [-0.2, 0) is 6.54 Å². The summed E-state index contributed by atoms with van der Waals surface area (Å²) in [4.78, 5) is 0. The van der Waals surface area contributed by atoms with E-state index in [1.54, 1.807) is 0 Å². The van der Waals surface area contributed by atoms with Gasteiger partial charge in [-0.15, -0.1) is 0 Å². The molecular formula is C13H22N2O. The molecule has 3 nitrogen and oxygen atoms in total. The quantitative estimate of drug-likeness (QED) is 0.850. The fraction of sp³-hybridized carbons (Fsp3) is 0.769. The van der Waals surface area contributed by atoms with Crippen LogP contribution in [-0.4, -0.2) is 14.9 Å². The van der Waals surface area contributed by atoms with Gasteiger partial charge >= 0.3 is 0 Å². The van der Waals surface area contributed by atoms with E-state index in [4.69, 9.17) is 0 Å². The van der Waals surface area contributed by atoms with Crippen molar-refractivity contribution in [2.45, 2.75) is 59.1 Å². The predicted octanol–water partition coefficient (Wildman–Crippen LogP) is 2.74. The minimum Gasteiger partial charge on any atom is -0.388 e. The molecular weight excluding hydrogens is 200 g/mol. The van der Waals surface area contributed by atoms with Gasteiger partial charge in [-0.3, -0.25) is 4.68 Å². The topological polar surface area (TPSA) is 38.1 Å². The van der Waals surface area contributed by atoms with Gasteiger partial charge in [0, 0.05) is 17.8 Å². The van der Waals surface area contributed by atoms with E-state index in [1.165, 1.54) is 19.3 Å². The number of aliphatic hydroxyl groups excluding tert-OH is 1. The number of nitrogens with zero attached hydrogens (tertiary/aromatic N) is 2. The monoisotopic (exact) mass is 222 g/mol. The second-order valence-electron chi connectivity index (χ2n) is 4.99. The SMILES string of the molecule is CCC(O)c1c(C)nn(CC2CCC2)c1C. The van der Waals surface area contributed by atoms with Gasteiger partial charge in [0.2, 0.25) is 0 Å². The van der Waals surface area contributed by atoms with Gasteiger partial charge in [0.1, 0.15) is 0 Å². The number of hydrogen-bond acceptors (Lipinski definition) is 2. The molecule has 0 aliphatic heterocycles. The molecule has 16 heavy (non-hydrogen) atoms. The van der Waals surface area contributed by atoms with Gasteiger partial charge in [0.15, 0.2) is 0 Å². The first-order chi connectivity index (χ1) is 7.63. The van der Waals surface area contributed by atoms with Crippen LogP contribution in [0.1, 0.15) is 55.7 Å². The van der Waals surface area contributed by atoms with Gasteiger partial charge in [-0.05, 0) is 39.0 Å². The van der Waals surface area contributed by atoms with E-state index >= 15 is 0 Å². The van der Waals surface area contributed by atoms with Crippen molar-refractivity contribution in [2.24, 2.45) is 5.92 Å². The Morgan fingerprint density at radius 2 is 2.12 bits per heavy atom. The Morgan fingerprint density at radius 1 is 1.44 bits per heavy atom. The highest BCUT2D eigenvalue weighted by Gasteiger charge is 2.22. The average Bonchev–Trinajstić information content (AvgIpc) is 2.47. The third-order valence-corrected chi connectivity index (χ3v) is 3.81. The number of rotatable bonds is 4. The molecule has 90 valence electrons. The van der Waals surface area contributed by atoms with Crippen LogP contribution in [0.15, 0.2) is 0 Å². The highest BCUT2D eigenvalue weighted by Crippen LogP contribution is 2.30. The Hall–Kier alpha value is -0.830. The number of hydrogen-bond donors (Lipinski definition) is 1. The van der Waals surface area contributed by atoms with Crippen LogP contribution in [0.2, 0.25) is 0 Å². The molecule has 1 saturated carbocycles. The minimum absolute atomic E-state index is 0.352. The van der Waals surface area contributed by atoms with Crippen molar-refractivity contribution in [2.75, 3.05) is 0 Å². The number of aryl methyl sites for hydroxylation is 1. The Bertz CT molecular complexity index is 366. The summed E-state index contributed by atoms with van der Waals surface area (Å²) in [5.41, 5.74) is 3.19. The van der Waals surface area contributed by atoms with Gasteiger partial charge in [-0.1, -0.05) is 13.3 Å². The predicted molar refractivity (Wildman–Crippen MR) is 64.3 cm³/mol. The van der Waals surface area contributed by atoms with Crippen molar-refractivity contribution < 1.29 is 5.11 Å². The van der Waals surface area contributed by atoms with Crippen molar-refractivity contribution in [1.82, 2.24) is 9.78 Å². The lowest BCUT2D eigenvalue weighted by atomic mass is 9.85. The van der Waals surface area contributed by atoms with Crippen LogP contribution in [0.4, 0.5) is 0 Å². The van der Waals surface area contributed by atoms with Gasteiger partial charge in [0.05, 0.1) is 11.8 Å². The Morgan fingerprint density at radius 3 is 2.62 bits per heavy atom. The lowest BCUT2D eigenvalue weighted by molar-refractivity contribution is 0.172. The summed E-state index contributed by atoms with van der Waals surface area (Å²) in [6.45, 7) is 7.11. The van der Waals surface area contributed by atoms with Crippen molar-refractivity contribution in [3.8, 4) is 0 Å². The molecule has 0 saturated heterocycles. The highest BCUT2D eigenvalue weighted by atomic mass is 16.3. The summed E-state index contributed by atoms with van der Waals surface area (Å²) in [6, 6.07) is 0. The molecule has 2 rings (SSSR count). The first kappa shape index (κ1) is 11.6. The second kappa shape index (κ2) is 4.58. The van der Waals surface area contributed by atoms with E-state index in [2.05, 4.69) is 16.7 Å². The van der Waals surface area contributed by atoms with Crippen molar-refractivity contribution in [1.29, 1.82) is 0 Å².